The molecule has 0 saturated heterocycles. The Kier molecular flexibility index (Phi) is 4.81. The lowest BCUT2D eigenvalue weighted by Crippen LogP contribution is -2.21. The SMILES string of the molecule is CCN(CC)c1ccc(CNc2cc(C(=O)O)[nH]n2)cc1. The van der Waals surface area contributed by atoms with Crippen LogP contribution in [0.15, 0.2) is 30.3 Å². The number of carboxylic acids is 1. The molecule has 3 N–H and O–H groups in total. The summed E-state index contributed by atoms with van der Waals surface area (Å²) in [5.41, 5.74) is 2.40. The zero-order valence-electron chi connectivity index (χ0n) is 12.3. The topological polar surface area (TPSA) is 81.3 Å². The van der Waals surface area contributed by atoms with Gasteiger partial charge in [0.15, 0.2) is 0 Å². The summed E-state index contributed by atoms with van der Waals surface area (Å²) in [6.07, 6.45) is 0. The van der Waals surface area contributed by atoms with Crippen LogP contribution in [0.25, 0.3) is 0 Å². The van der Waals surface area contributed by atoms with Gasteiger partial charge in [-0.05, 0) is 31.5 Å². The summed E-state index contributed by atoms with van der Waals surface area (Å²) < 4.78 is 0. The van der Waals surface area contributed by atoms with E-state index in [-0.39, 0.29) is 5.69 Å². The number of carbonyl (C=O) groups is 1. The fourth-order valence-corrected chi connectivity index (χ4v) is 2.13. The van der Waals surface area contributed by atoms with Gasteiger partial charge >= 0.3 is 5.97 Å². The molecule has 1 aromatic carbocycles. The predicted molar refractivity (Wildman–Crippen MR) is 82.9 cm³/mol. The van der Waals surface area contributed by atoms with Crippen molar-refractivity contribution < 1.29 is 9.90 Å². The number of aromatic amines is 1. The van der Waals surface area contributed by atoms with Crippen LogP contribution in [0.3, 0.4) is 0 Å². The Morgan fingerprint density at radius 3 is 2.48 bits per heavy atom. The van der Waals surface area contributed by atoms with E-state index < -0.39 is 5.97 Å². The molecular formula is C15H20N4O2. The number of aromatic carboxylic acids is 1. The second-order valence-corrected chi connectivity index (χ2v) is 4.66. The van der Waals surface area contributed by atoms with Gasteiger partial charge in [-0.1, -0.05) is 12.1 Å². The number of nitrogens with zero attached hydrogens (tertiary/aromatic N) is 2. The summed E-state index contributed by atoms with van der Waals surface area (Å²) in [4.78, 5) is 13.0. The Balaban J connectivity index is 1.95. The zero-order chi connectivity index (χ0) is 15.2. The molecule has 0 aliphatic carbocycles. The molecule has 2 rings (SSSR count). The van der Waals surface area contributed by atoms with E-state index in [0.29, 0.717) is 12.4 Å². The van der Waals surface area contributed by atoms with E-state index in [1.807, 2.05) is 0 Å². The van der Waals surface area contributed by atoms with E-state index >= 15 is 0 Å². The average molecular weight is 288 g/mol. The molecule has 0 bridgehead atoms. The summed E-state index contributed by atoms with van der Waals surface area (Å²) in [6.45, 7) is 6.84. The van der Waals surface area contributed by atoms with Crippen LogP contribution in [-0.2, 0) is 6.54 Å². The Bertz CT molecular complexity index is 588. The first-order valence-corrected chi connectivity index (χ1v) is 7.00. The summed E-state index contributed by atoms with van der Waals surface area (Å²) in [5, 5.41) is 18.3. The highest BCUT2D eigenvalue weighted by atomic mass is 16.4. The highest BCUT2D eigenvalue weighted by molar-refractivity contribution is 5.86. The van der Waals surface area contributed by atoms with E-state index in [0.717, 1.165) is 18.7 Å². The van der Waals surface area contributed by atoms with Crippen molar-refractivity contribution in [3.63, 3.8) is 0 Å². The van der Waals surface area contributed by atoms with Crippen LogP contribution < -0.4 is 10.2 Å². The summed E-state index contributed by atoms with van der Waals surface area (Å²) in [5.74, 6) is -0.487. The number of anilines is 2. The Morgan fingerprint density at radius 1 is 1.29 bits per heavy atom. The van der Waals surface area contributed by atoms with E-state index in [4.69, 9.17) is 5.11 Å². The van der Waals surface area contributed by atoms with Gasteiger partial charge < -0.3 is 15.3 Å². The van der Waals surface area contributed by atoms with Crippen molar-refractivity contribution in [2.24, 2.45) is 0 Å². The monoisotopic (exact) mass is 288 g/mol. The van der Waals surface area contributed by atoms with Crippen molar-refractivity contribution in [3.05, 3.63) is 41.6 Å². The second-order valence-electron chi connectivity index (χ2n) is 4.66. The molecule has 112 valence electrons. The van der Waals surface area contributed by atoms with E-state index in [1.54, 1.807) is 0 Å². The molecule has 0 atom stereocenters. The van der Waals surface area contributed by atoms with Gasteiger partial charge in [-0.15, -0.1) is 0 Å². The lowest BCUT2D eigenvalue weighted by atomic mass is 10.2. The number of H-pyrrole nitrogens is 1. The maximum atomic E-state index is 10.7. The van der Waals surface area contributed by atoms with Gasteiger partial charge in [0, 0.05) is 31.4 Å². The largest absolute Gasteiger partial charge is 0.477 e. The maximum absolute atomic E-state index is 10.7. The minimum absolute atomic E-state index is 0.0781. The minimum atomic E-state index is -1.01. The summed E-state index contributed by atoms with van der Waals surface area (Å²) in [6, 6.07) is 9.79. The number of nitrogens with one attached hydrogen (secondary N) is 2. The predicted octanol–water partition coefficient (Wildman–Crippen LogP) is 2.57. The molecule has 6 heteroatoms. The normalized spacial score (nSPS) is 10.4. The molecule has 0 unspecified atom stereocenters. The minimum Gasteiger partial charge on any atom is -0.477 e. The van der Waals surface area contributed by atoms with Gasteiger partial charge in [0.05, 0.1) is 0 Å². The smallest absolute Gasteiger partial charge is 0.353 e. The first-order valence-electron chi connectivity index (χ1n) is 7.00. The lowest BCUT2D eigenvalue weighted by molar-refractivity contribution is 0.0690. The van der Waals surface area contributed by atoms with Gasteiger partial charge in [0.25, 0.3) is 0 Å². The molecule has 2 aromatic rings. The van der Waals surface area contributed by atoms with Gasteiger partial charge in [-0.2, -0.15) is 5.10 Å². The fourth-order valence-electron chi connectivity index (χ4n) is 2.13. The number of rotatable bonds is 7. The molecule has 0 saturated carbocycles. The van der Waals surface area contributed by atoms with E-state index in [2.05, 4.69) is 58.5 Å². The van der Waals surface area contributed by atoms with Gasteiger partial charge in [0.2, 0.25) is 0 Å². The van der Waals surface area contributed by atoms with Crippen molar-refractivity contribution in [3.8, 4) is 0 Å². The first-order chi connectivity index (χ1) is 10.1. The molecule has 0 aliphatic rings. The van der Waals surface area contributed by atoms with Crippen LogP contribution in [0.4, 0.5) is 11.5 Å². The van der Waals surface area contributed by atoms with Gasteiger partial charge in [-0.3, -0.25) is 5.10 Å². The second kappa shape index (κ2) is 6.78. The fraction of sp³-hybridized carbons (Fsp3) is 0.333. The van der Waals surface area contributed by atoms with Crippen molar-refractivity contribution in [1.29, 1.82) is 0 Å². The third-order valence-electron chi connectivity index (χ3n) is 3.35. The molecule has 0 spiro atoms. The van der Waals surface area contributed by atoms with Crippen LogP contribution >= 0.6 is 0 Å². The number of benzene rings is 1. The molecule has 1 heterocycles. The molecule has 0 amide bonds. The average Bonchev–Trinajstić information content (AvgIpc) is 2.97. The lowest BCUT2D eigenvalue weighted by Gasteiger charge is -2.21. The molecule has 0 radical (unpaired) electrons. The van der Waals surface area contributed by atoms with Crippen LogP contribution in [0, 0.1) is 0 Å². The molecule has 0 fully saturated rings. The van der Waals surface area contributed by atoms with E-state index in [9.17, 15) is 4.79 Å². The van der Waals surface area contributed by atoms with Crippen molar-refractivity contribution in [1.82, 2.24) is 10.2 Å². The first kappa shape index (κ1) is 14.9. The third kappa shape index (κ3) is 3.75. The number of aromatic nitrogens is 2. The third-order valence-corrected chi connectivity index (χ3v) is 3.35. The summed E-state index contributed by atoms with van der Waals surface area (Å²) >= 11 is 0. The molecular weight excluding hydrogens is 268 g/mol. The van der Waals surface area contributed by atoms with E-state index in [1.165, 1.54) is 11.8 Å². The van der Waals surface area contributed by atoms with Gasteiger partial charge in [-0.25, -0.2) is 4.79 Å². The van der Waals surface area contributed by atoms with Crippen LogP contribution in [0.2, 0.25) is 0 Å². The van der Waals surface area contributed by atoms with Gasteiger partial charge in [0.1, 0.15) is 11.5 Å². The highest BCUT2D eigenvalue weighted by Gasteiger charge is 2.07. The molecule has 0 aliphatic heterocycles. The number of carboxylic acid groups (broad SMARTS) is 1. The zero-order valence-corrected chi connectivity index (χ0v) is 12.3. The Labute approximate surface area is 123 Å². The van der Waals surface area contributed by atoms with Crippen molar-refractivity contribution in [2.45, 2.75) is 20.4 Å². The number of hydrogen-bond donors (Lipinski definition) is 3. The van der Waals surface area contributed by atoms with Crippen LogP contribution in [-0.4, -0.2) is 34.4 Å². The Morgan fingerprint density at radius 2 is 1.95 bits per heavy atom. The maximum Gasteiger partial charge on any atom is 0.353 e. The Hall–Kier alpha value is -2.50. The van der Waals surface area contributed by atoms with Crippen LogP contribution in [0.5, 0.6) is 0 Å². The summed E-state index contributed by atoms with van der Waals surface area (Å²) in [7, 11) is 0. The quantitative estimate of drug-likeness (QED) is 0.729. The molecule has 6 nitrogen and oxygen atoms in total. The van der Waals surface area contributed by atoms with Crippen molar-refractivity contribution in [2.75, 3.05) is 23.3 Å². The van der Waals surface area contributed by atoms with Crippen LogP contribution in [0.1, 0.15) is 29.9 Å². The highest BCUT2D eigenvalue weighted by Crippen LogP contribution is 2.16. The number of hydrogen-bond acceptors (Lipinski definition) is 4. The van der Waals surface area contributed by atoms with Crippen molar-refractivity contribution >= 4 is 17.5 Å². The molecule has 1 aromatic heterocycles. The standard InChI is InChI=1S/C15H20N4O2/c1-3-19(4-2)12-7-5-11(6-8-12)10-16-14-9-13(15(20)21)17-18-14/h5-9H,3-4,10H2,1-2H3,(H,20,21)(H2,16,17,18). The molecule has 21 heavy (non-hydrogen) atoms.